The molecule has 0 aliphatic carbocycles. The second-order valence-electron chi connectivity index (χ2n) is 5.29. The average Bonchev–Trinajstić information content (AvgIpc) is 2.49. The number of aryl methyl sites for hydroxylation is 1. The van der Waals surface area contributed by atoms with E-state index in [2.05, 4.69) is 5.32 Å². The smallest absolute Gasteiger partial charge is 0.126 e. The van der Waals surface area contributed by atoms with Crippen molar-refractivity contribution >= 4 is 0 Å². The highest BCUT2D eigenvalue weighted by molar-refractivity contribution is 5.26. The molecule has 20 heavy (non-hydrogen) atoms. The molecular weight excluding hydrogens is 253 g/mol. The molecule has 0 bridgehead atoms. The van der Waals surface area contributed by atoms with Crippen molar-refractivity contribution in [2.24, 2.45) is 0 Å². The van der Waals surface area contributed by atoms with Crippen LogP contribution >= 0.6 is 0 Å². The Hall–Kier alpha value is -1.71. The van der Waals surface area contributed by atoms with Crippen molar-refractivity contribution in [3.8, 4) is 0 Å². The molecule has 0 aliphatic heterocycles. The predicted octanol–water partition coefficient (Wildman–Crippen LogP) is 3.13. The summed E-state index contributed by atoms with van der Waals surface area (Å²) in [6, 6.07) is 15.0. The molecule has 1 atom stereocenters. The quantitative estimate of drug-likeness (QED) is 0.877. The summed E-state index contributed by atoms with van der Waals surface area (Å²) in [6.45, 7) is 4.16. The minimum Gasteiger partial charge on any atom is -0.394 e. The Morgan fingerprint density at radius 2 is 1.85 bits per heavy atom. The number of rotatable bonds is 5. The van der Waals surface area contributed by atoms with E-state index in [1.54, 1.807) is 13.0 Å². The van der Waals surface area contributed by atoms with Crippen molar-refractivity contribution in [2.75, 3.05) is 6.61 Å². The number of hydrogen-bond donors (Lipinski definition) is 2. The molecule has 0 heterocycles. The maximum absolute atomic E-state index is 13.5. The Morgan fingerprint density at radius 3 is 2.45 bits per heavy atom. The Labute approximate surface area is 119 Å². The van der Waals surface area contributed by atoms with E-state index in [0.29, 0.717) is 12.1 Å². The standard InChI is InChI=1S/C17H20FNO/c1-13-8-9-14(10-16(13)18)11-19-17(2,12-20)15-6-4-3-5-7-15/h3-10,19-20H,11-12H2,1-2H3. The van der Waals surface area contributed by atoms with Gasteiger partial charge in [0.1, 0.15) is 5.82 Å². The molecule has 2 rings (SSSR count). The summed E-state index contributed by atoms with van der Waals surface area (Å²) >= 11 is 0. The van der Waals surface area contributed by atoms with Crippen LogP contribution in [0.25, 0.3) is 0 Å². The molecule has 2 nitrogen and oxygen atoms in total. The predicted molar refractivity (Wildman–Crippen MR) is 78.9 cm³/mol. The molecule has 0 fully saturated rings. The van der Waals surface area contributed by atoms with Crippen LogP contribution in [0.4, 0.5) is 4.39 Å². The normalized spacial score (nSPS) is 14.0. The van der Waals surface area contributed by atoms with Crippen molar-refractivity contribution in [3.63, 3.8) is 0 Å². The Bertz CT molecular complexity index is 570. The van der Waals surface area contributed by atoms with Gasteiger partial charge in [-0.15, -0.1) is 0 Å². The molecule has 0 spiro atoms. The highest BCUT2D eigenvalue weighted by atomic mass is 19.1. The van der Waals surface area contributed by atoms with Gasteiger partial charge in [0.2, 0.25) is 0 Å². The van der Waals surface area contributed by atoms with Crippen LogP contribution in [-0.4, -0.2) is 11.7 Å². The van der Waals surface area contributed by atoms with Crippen LogP contribution in [0.15, 0.2) is 48.5 Å². The number of aliphatic hydroxyl groups is 1. The second kappa shape index (κ2) is 6.16. The fourth-order valence-electron chi connectivity index (χ4n) is 2.10. The van der Waals surface area contributed by atoms with Crippen LogP contribution in [0.3, 0.4) is 0 Å². The Balaban J connectivity index is 2.13. The maximum atomic E-state index is 13.5. The molecule has 0 amide bonds. The zero-order valence-electron chi connectivity index (χ0n) is 11.9. The van der Waals surface area contributed by atoms with Crippen molar-refractivity contribution in [3.05, 3.63) is 71.0 Å². The van der Waals surface area contributed by atoms with Gasteiger partial charge >= 0.3 is 0 Å². The van der Waals surface area contributed by atoms with Crippen LogP contribution in [0, 0.1) is 12.7 Å². The molecule has 3 heteroatoms. The van der Waals surface area contributed by atoms with Gasteiger partial charge in [0.05, 0.1) is 12.1 Å². The molecule has 0 aromatic heterocycles. The van der Waals surface area contributed by atoms with Gasteiger partial charge in [-0.25, -0.2) is 4.39 Å². The molecule has 2 aromatic carbocycles. The van der Waals surface area contributed by atoms with Gasteiger partial charge in [-0.2, -0.15) is 0 Å². The van der Waals surface area contributed by atoms with E-state index >= 15 is 0 Å². The molecule has 106 valence electrons. The summed E-state index contributed by atoms with van der Waals surface area (Å²) < 4.78 is 13.5. The lowest BCUT2D eigenvalue weighted by Crippen LogP contribution is -2.42. The summed E-state index contributed by atoms with van der Waals surface area (Å²) in [5, 5.41) is 13.0. The number of aliphatic hydroxyl groups excluding tert-OH is 1. The van der Waals surface area contributed by atoms with Crippen molar-refractivity contribution in [1.82, 2.24) is 5.32 Å². The van der Waals surface area contributed by atoms with Crippen molar-refractivity contribution < 1.29 is 9.50 Å². The summed E-state index contributed by atoms with van der Waals surface area (Å²) in [6.07, 6.45) is 0. The third-order valence-corrected chi connectivity index (χ3v) is 3.65. The van der Waals surface area contributed by atoms with Crippen molar-refractivity contribution in [1.29, 1.82) is 0 Å². The Kier molecular flexibility index (Phi) is 4.53. The van der Waals surface area contributed by atoms with E-state index in [9.17, 15) is 9.50 Å². The first-order valence-corrected chi connectivity index (χ1v) is 6.71. The minimum atomic E-state index is -0.539. The van der Waals surface area contributed by atoms with Gasteiger partial charge in [-0.1, -0.05) is 42.5 Å². The van der Waals surface area contributed by atoms with Gasteiger partial charge < -0.3 is 10.4 Å². The van der Waals surface area contributed by atoms with E-state index in [-0.39, 0.29) is 12.4 Å². The van der Waals surface area contributed by atoms with Gasteiger partial charge in [-0.05, 0) is 36.6 Å². The van der Waals surface area contributed by atoms with Crippen LogP contribution in [0.5, 0.6) is 0 Å². The third-order valence-electron chi connectivity index (χ3n) is 3.65. The van der Waals surface area contributed by atoms with E-state index < -0.39 is 5.54 Å². The first kappa shape index (κ1) is 14.7. The van der Waals surface area contributed by atoms with Crippen molar-refractivity contribution in [2.45, 2.75) is 25.9 Å². The van der Waals surface area contributed by atoms with Crippen LogP contribution < -0.4 is 5.32 Å². The zero-order valence-corrected chi connectivity index (χ0v) is 11.9. The molecule has 0 radical (unpaired) electrons. The fourth-order valence-corrected chi connectivity index (χ4v) is 2.10. The molecule has 2 aromatic rings. The summed E-state index contributed by atoms with van der Waals surface area (Å²) in [5.41, 5.74) is 1.98. The van der Waals surface area contributed by atoms with E-state index in [1.165, 1.54) is 6.07 Å². The fraction of sp³-hybridized carbons (Fsp3) is 0.294. The number of nitrogens with one attached hydrogen (secondary N) is 1. The largest absolute Gasteiger partial charge is 0.394 e. The van der Waals surface area contributed by atoms with E-state index in [1.807, 2.05) is 43.3 Å². The van der Waals surface area contributed by atoms with Crippen LogP contribution in [0.2, 0.25) is 0 Å². The van der Waals surface area contributed by atoms with Crippen LogP contribution in [0.1, 0.15) is 23.6 Å². The van der Waals surface area contributed by atoms with Gasteiger partial charge in [0, 0.05) is 6.54 Å². The third kappa shape index (κ3) is 3.24. The summed E-state index contributed by atoms with van der Waals surface area (Å²) in [5.74, 6) is -0.199. The highest BCUT2D eigenvalue weighted by Crippen LogP contribution is 2.20. The summed E-state index contributed by atoms with van der Waals surface area (Å²) in [4.78, 5) is 0. The highest BCUT2D eigenvalue weighted by Gasteiger charge is 2.24. The topological polar surface area (TPSA) is 32.3 Å². The number of benzene rings is 2. The first-order valence-electron chi connectivity index (χ1n) is 6.71. The molecule has 0 saturated heterocycles. The minimum absolute atomic E-state index is 0.0225. The molecule has 0 aliphatic rings. The van der Waals surface area contributed by atoms with E-state index in [0.717, 1.165) is 11.1 Å². The number of halogens is 1. The second-order valence-corrected chi connectivity index (χ2v) is 5.29. The van der Waals surface area contributed by atoms with Gasteiger partial charge in [0.15, 0.2) is 0 Å². The molecule has 2 N–H and O–H groups in total. The van der Waals surface area contributed by atoms with Gasteiger partial charge in [-0.3, -0.25) is 0 Å². The monoisotopic (exact) mass is 273 g/mol. The first-order chi connectivity index (χ1) is 9.55. The lowest BCUT2D eigenvalue weighted by Gasteiger charge is -2.29. The SMILES string of the molecule is Cc1ccc(CNC(C)(CO)c2ccccc2)cc1F. The lowest BCUT2D eigenvalue weighted by molar-refractivity contribution is 0.173. The average molecular weight is 273 g/mol. The molecule has 0 saturated carbocycles. The molecule has 1 unspecified atom stereocenters. The van der Waals surface area contributed by atoms with Crippen LogP contribution in [-0.2, 0) is 12.1 Å². The lowest BCUT2D eigenvalue weighted by atomic mass is 9.92. The maximum Gasteiger partial charge on any atom is 0.126 e. The summed E-state index contributed by atoms with van der Waals surface area (Å²) in [7, 11) is 0. The zero-order chi connectivity index (χ0) is 14.6. The number of hydrogen-bond acceptors (Lipinski definition) is 2. The Morgan fingerprint density at radius 1 is 1.15 bits per heavy atom. The van der Waals surface area contributed by atoms with Gasteiger partial charge in [0.25, 0.3) is 0 Å². The molecular formula is C17H20FNO. The van der Waals surface area contributed by atoms with E-state index in [4.69, 9.17) is 0 Å².